The molecule has 0 saturated carbocycles. The van der Waals surface area contributed by atoms with Crippen molar-refractivity contribution in [1.29, 1.82) is 0 Å². The number of hydrogen-bond donors (Lipinski definition) is 1. The lowest BCUT2D eigenvalue weighted by Gasteiger charge is -2.28. The molecule has 8 nitrogen and oxygen atoms in total. The molecule has 0 unspecified atom stereocenters. The molecule has 3 aromatic carbocycles. The largest absolute Gasteiger partial charge is 0.464 e. The number of unbranched alkanes of at least 4 members (excludes halogenated alkanes) is 1. The molecule has 1 fully saturated rings. The van der Waals surface area contributed by atoms with Crippen LogP contribution in [0.2, 0.25) is 0 Å². The summed E-state index contributed by atoms with van der Waals surface area (Å²) in [7, 11) is 0. The zero-order chi connectivity index (χ0) is 31.0. The molecule has 8 heteroatoms. The van der Waals surface area contributed by atoms with Gasteiger partial charge in [0.15, 0.2) is 0 Å². The summed E-state index contributed by atoms with van der Waals surface area (Å²) in [5, 5.41) is 3.21. The molecule has 4 rings (SSSR count). The minimum atomic E-state index is -0.685. The number of nitrogens with zero attached hydrogens (tertiary/aromatic N) is 1. The molecule has 3 aromatic rings. The van der Waals surface area contributed by atoms with Crippen LogP contribution < -0.4 is 5.32 Å². The van der Waals surface area contributed by atoms with Crippen molar-refractivity contribution in [2.24, 2.45) is 0 Å². The second-order valence-corrected chi connectivity index (χ2v) is 11.2. The number of esters is 2. The van der Waals surface area contributed by atoms with Crippen LogP contribution in [-0.4, -0.2) is 60.6 Å². The normalized spacial score (nSPS) is 15.8. The second-order valence-electron chi connectivity index (χ2n) is 11.2. The molecular formula is C36H44N2O6. The molecule has 1 aliphatic rings. The summed E-state index contributed by atoms with van der Waals surface area (Å²) in [6, 6.07) is 27.4. The molecule has 1 aliphatic heterocycles. The maximum atomic E-state index is 13.5. The second kappa shape index (κ2) is 18.0. The van der Waals surface area contributed by atoms with Gasteiger partial charge in [-0.1, -0.05) is 91.0 Å². The van der Waals surface area contributed by atoms with Crippen molar-refractivity contribution in [1.82, 2.24) is 10.2 Å². The monoisotopic (exact) mass is 600 g/mol. The van der Waals surface area contributed by atoms with Crippen LogP contribution in [0.15, 0.2) is 91.0 Å². The number of amides is 1. The Kier molecular flexibility index (Phi) is 13.4. The van der Waals surface area contributed by atoms with Crippen LogP contribution in [0.1, 0.15) is 55.7 Å². The number of rotatable bonds is 17. The lowest BCUT2D eigenvalue weighted by Crippen LogP contribution is -2.53. The van der Waals surface area contributed by atoms with E-state index in [1.807, 2.05) is 91.0 Å². The van der Waals surface area contributed by atoms with Crippen LogP contribution in [0.25, 0.3) is 0 Å². The maximum absolute atomic E-state index is 13.5. The molecule has 44 heavy (non-hydrogen) atoms. The van der Waals surface area contributed by atoms with Crippen LogP contribution in [0.5, 0.6) is 0 Å². The first-order chi connectivity index (χ1) is 21.5. The first-order valence-corrected chi connectivity index (χ1v) is 15.6. The molecule has 234 valence electrons. The standard InChI is InChI=1S/C36H44N2O6/c1-28(37-32(22-21-29-14-5-2-6-15-29)35(40)44-27-31-18-9-4-10-19-31)34(39)38-23-13-20-33(38)36(41)43-25-12-11-24-42-26-30-16-7-3-8-17-30/h2-10,14-19,28,32-33,37H,11-13,20-27H2,1H3/t28-,32-,33-/m0/s1. The SMILES string of the molecule is C[C@H](N[C@@H](CCc1ccccc1)C(=O)OCc1ccccc1)C(=O)N1CCC[C@H]1C(=O)OCCCCOCc1ccccc1. The highest BCUT2D eigenvalue weighted by atomic mass is 16.5. The Balaban J connectivity index is 1.24. The van der Waals surface area contributed by atoms with Crippen molar-refractivity contribution in [3.05, 3.63) is 108 Å². The van der Waals surface area contributed by atoms with E-state index < -0.39 is 24.1 Å². The summed E-state index contributed by atoms with van der Waals surface area (Å²) in [5.74, 6) is -1.01. The van der Waals surface area contributed by atoms with Gasteiger partial charge in [-0.3, -0.25) is 14.9 Å². The Morgan fingerprint density at radius 1 is 0.795 bits per heavy atom. The maximum Gasteiger partial charge on any atom is 0.328 e. The van der Waals surface area contributed by atoms with E-state index in [0.29, 0.717) is 45.4 Å². The van der Waals surface area contributed by atoms with E-state index in [0.717, 1.165) is 29.5 Å². The number of benzene rings is 3. The number of carbonyl (C=O) groups is 3. The molecule has 1 amide bonds. The molecule has 0 aromatic heterocycles. The number of aryl methyl sites for hydroxylation is 1. The van der Waals surface area contributed by atoms with Gasteiger partial charge in [-0.2, -0.15) is 0 Å². The Hall–Kier alpha value is -4.01. The van der Waals surface area contributed by atoms with E-state index in [-0.39, 0.29) is 25.1 Å². The highest BCUT2D eigenvalue weighted by molar-refractivity contribution is 5.88. The molecule has 0 spiro atoms. The summed E-state index contributed by atoms with van der Waals surface area (Å²) in [6.45, 7) is 3.80. The molecule has 0 aliphatic carbocycles. The van der Waals surface area contributed by atoms with E-state index in [2.05, 4.69) is 5.32 Å². The predicted molar refractivity (Wildman–Crippen MR) is 168 cm³/mol. The van der Waals surface area contributed by atoms with Gasteiger partial charge in [0.2, 0.25) is 5.91 Å². The molecule has 3 atom stereocenters. The predicted octanol–water partition coefficient (Wildman–Crippen LogP) is 5.24. The minimum absolute atomic E-state index is 0.157. The van der Waals surface area contributed by atoms with Gasteiger partial charge in [0.1, 0.15) is 18.7 Å². The summed E-state index contributed by atoms with van der Waals surface area (Å²) in [6.07, 6.45) is 3.87. The Bertz CT molecular complexity index is 1290. The zero-order valence-corrected chi connectivity index (χ0v) is 25.6. The fraction of sp³-hybridized carbons (Fsp3) is 0.417. The van der Waals surface area contributed by atoms with E-state index in [9.17, 15) is 14.4 Å². The highest BCUT2D eigenvalue weighted by Gasteiger charge is 2.38. The third-order valence-electron chi connectivity index (χ3n) is 7.74. The van der Waals surface area contributed by atoms with Gasteiger partial charge < -0.3 is 19.1 Å². The lowest BCUT2D eigenvalue weighted by atomic mass is 10.0. The van der Waals surface area contributed by atoms with Gasteiger partial charge in [0.05, 0.1) is 19.3 Å². The van der Waals surface area contributed by atoms with Crippen molar-refractivity contribution < 1.29 is 28.6 Å². The molecule has 1 heterocycles. The molecule has 1 saturated heterocycles. The quantitative estimate of drug-likeness (QED) is 0.167. The Labute approximate surface area is 260 Å². The topological polar surface area (TPSA) is 94.2 Å². The zero-order valence-electron chi connectivity index (χ0n) is 25.6. The molecule has 0 radical (unpaired) electrons. The first kappa shape index (κ1) is 32.9. The lowest BCUT2D eigenvalue weighted by molar-refractivity contribution is -0.154. The summed E-state index contributed by atoms with van der Waals surface area (Å²) < 4.78 is 16.9. The van der Waals surface area contributed by atoms with Crippen molar-refractivity contribution in [3.8, 4) is 0 Å². The van der Waals surface area contributed by atoms with Crippen LogP contribution in [0, 0.1) is 0 Å². The molecule has 1 N–H and O–H groups in total. The van der Waals surface area contributed by atoms with Gasteiger partial charge in [0, 0.05) is 13.2 Å². The van der Waals surface area contributed by atoms with Crippen molar-refractivity contribution >= 4 is 17.8 Å². The minimum Gasteiger partial charge on any atom is -0.464 e. The first-order valence-electron chi connectivity index (χ1n) is 15.6. The summed E-state index contributed by atoms with van der Waals surface area (Å²) >= 11 is 0. The van der Waals surface area contributed by atoms with Crippen LogP contribution in [0.3, 0.4) is 0 Å². The van der Waals surface area contributed by atoms with Crippen LogP contribution >= 0.6 is 0 Å². The van der Waals surface area contributed by atoms with Crippen molar-refractivity contribution in [2.45, 2.75) is 76.8 Å². The number of carbonyl (C=O) groups excluding carboxylic acids is 3. The number of nitrogens with one attached hydrogen (secondary N) is 1. The van der Waals surface area contributed by atoms with Crippen molar-refractivity contribution in [3.63, 3.8) is 0 Å². The summed E-state index contributed by atoms with van der Waals surface area (Å²) in [4.78, 5) is 41.2. The van der Waals surface area contributed by atoms with E-state index in [1.54, 1.807) is 11.8 Å². The molecule has 0 bridgehead atoms. The van der Waals surface area contributed by atoms with Crippen LogP contribution in [-0.2, 0) is 48.2 Å². The Morgan fingerprint density at radius 2 is 1.39 bits per heavy atom. The molecular weight excluding hydrogens is 556 g/mol. The average molecular weight is 601 g/mol. The number of hydrogen-bond acceptors (Lipinski definition) is 7. The van der Waals surface area contributed by atoms with E-state index in [4.69, 9.17) is 14.2 Å². The smallest absolute Gasteiger partial charge is 0.328 e. The Morgan fingerprint density at radius 3 is 2.05 bits per heavy atom. The van der Waals surface area contributed by atoms with Gasteiger partial charge >= 0.3 is 11.9 Å². The highest BCUT2D eigenvalue weighted by Crippen LogP contribution is 2.20. The van der Waals surface area contributed by atoms with Gasteiger partial charge in [-0.15, -0.1) is 0 Å². The number of ether oxygens (including phenoxy) is 3. The fourth-order valence-corrected chi connectivity index (χ4v) is 5.29. The van der Waals surface area contributed by atoms with Crippen LogP contribution in [0.4, 0.5) is 0 Å². The third kappa shape index (κ3) is 10.6. The van der Waals surface area contributed by atoms with E-state index >= 15 is 0 Å². The van der Waals surface area contributed by atoms with Gasteiger partial charge in [-0.25, -0.2) is 4.79 Å². The van der Waals surface area contributed by atoms with E-state index in [1.165, 1.54) is 0 Å². The number of likely N-dealkylation sites (tertiary alicyclic amines) is 1. The van der Waals surface area contributed by atoms with Gasteiger partial charge in [0.25, 0.3) is 0 Å². The van der Waals surface area contributed by atoms with Crippen molar-refractivity contribution in [2.75, 3.05) is 19.8 Å². The summed E-state index contributed by atoms with van der Waals surface area (Å²) in [5.41, 5.74) is 3.12. The average Bonchev–Trinajstić information content (AvgIpc) is 3.56. The third-order valence-corrected chi connectivity index (χ3v) is 7.74. The fourth-order valence-electron chi connectivity index (χ4n) is 5.29. The van der Waals surface area contributed by atoms with Gasteiger partial charge in [-0.05, 0) is 62.1 Å².